The third-order valence-corrected chi connectivity index (χ3v) is 3.45. The first-order valence-electron chi connectivity index (χ1n) is 6.64. The minimum atomic E-state index is -4.21. The van der Waals surface area contributed by atoms with Crippen molar-refractivity contribution < 1.29 is 22.7 Å². The van der Waals surface area contributed by atoms with Crippen molar-refractivity contribution in [1.82, 2.24) is 15.1 Å². The third kappa shape index (κ3) is 5.26. The monoisotopic (exact) mass is 297 g/mol. The van der Waals surface area contributed by atoms with Crippen LogP contribution in [0.25, 0.3) is 0 Å². The predicted octanol–water partition coefficient (Wildman–Crippen LogP) is 0.317. The number of ether oxygens (including phenoxy) is 1. The molecular weight excluding hydrogens is 275 g/mol. The topological polar surface area (TPSA) is 44.8 Å². The molecule has 5 nitrogen and oxygen atoms in total. The highest BCUT2D eigenvalue weighted by Crippen LogP contribution is 2.25. The molecule has 1 atom stereocenters. The Morgan fingerprint density at radius 2 is 1.90 bits per heavy atom. The number of alkyl halides is 3. The minimum absolute atomic E-state index is 0.0829. The van der Waals surface area contributed by atoms with E-state index in [2.05, 4.69) is 5.32 Å². The average molecular weight is 297 g/mol. The molecule has 1 saturated heterocycles. The van der Waals surface area contributed by atoms with Crippen molar-refractivity contribution in [2.45, 2.75) is 19.1 Å². The largest absolute Gasteiger partial charge is 0.403 e. The number of nitrogens with one attached hydrogen (secondary N) is 1. The summed E-state index contributed by atoms with van der Waals surface area (Å²) in [5.41, 5.74) is 0. The SMILES string of the molecule is COCCNCC(=O)N1CCN(C(C)C(F)(F)F)CC1. The Balaban J connectivity index is 2.29. The van der Waals surface area contributed by atoms with Crippen LogP contribution in [-0.4, -0.2) is 80.9 Å². The molecule has 1 amide bonds. The molecular formula is C12H22F3N3O2. The molecule has 0 bridgehead atoms. The second kappa shape index (κ2) is 7.80. The lowest BCUT2D eigenvalue weighted by Gasteiger charge is -2.38. The van der Waals surface area contributed by atoms with Gasteiger partial charge in [0.15, 0.2) is 0 Å². The number of halogens is 3. The van der Waals surface area contributed by atoms with E-state index >= 15 is 0 Å². The number of nitrogens with zero attached hydrogens (tertiary/aromatic N) is 2. The summed E-state index contributed by atoms with van der Waals surface area (Å²) in [4.78, 5) is 14.8. The summed E-state index contributed by atoms with van der Waals surface area (Å²) in [7, 11) is 1.57. The zero-order valence-electron chi connectivity index (χ0n) is 11.9. The summed E-state index contributed by atoms with van der Waals surface area (Å²) in [6, 6.07) is -1.46. The Bertz CT molecular complexity index is 305. The van der Waals surface area contributed by atoms with Gasteiger partial charge in [0.05, 0.1) is 13.2 Å². The zero-order valence-corrected chi connectivity index (χ0v) is 11.9. The van der Waals surface area contributed by atoms with E-state index in [1.807, 2.05) is 0 Å². The van der Waals surface area contributed by atoms with Gasteiger partial charge in [-0.25, -0.2) is 0 Å². The van der Waals surface area contributed by atoms with Crippen molar-refractivity contribution in [3.8, 4) is 0 Å². The van der Waals surface area contributed by atoms with E-state index in [-0.39, 0.29) is 25.5 Å². The summed E-state index contributed by atoms with van der Waals surface area (Å²) in [6.07, 6.45) is -4.21. The molecule has 1 aliphatic heterocycles. The lowest BCUT2D eigenvalue weighted by Crippen LogP contribution is -2.55. The van der Waals surface area contributed by atoms with Crippen LogP contribution in [0, 0.1) is 0 Å². The van der Waals surface area contributed by atoms with Crippen molar-refractivity contribution in [3.63, 3.8) is 0 Å². The molecule has 0 aromatic heterocycles. The molecule has 1 unspecified atom stereocenters. The number of carbonyl (C=O) groups is 1. The van der Waals surface area contributed by atoms with Gasteiger partial charge in [-0.3, -0.25) is 9.69 Å². The zero-order chi connectivity index (χ0) is 15.2. The van der Waals surface area contributed by atoms with Crippen molar-refractivity contribution in [2.75, 3.05) is 53.0 Å². The Morgan fingerprint density at radius 3 is 2.40 bits per heavy atom. The Hall–Kier alpha value is -0.860. The standard InChI is InChI=1S/C12H22F3N3O2/c1-10(12(13,14)15)17-4-6-18(7-5-17)11(19)9-16-3-8-20-2/h10,16H,3-9H2,1-2H3. The number of hydrogen-bond acceptors (Lipinski definition) is 4. The fourth-order valence-corrected chi connectivity index (χ4v) is 2.05. The molecule has 0 aliphatic carbocycles. The molecule has 1 N–H and O–H groups in total. The summed E-state index contributed by atoms with van der Waals surface area (Å²) in [5, 5.41) is 2.93. The predicted molar refractivity (Wildman–Crippen MR) is 68.4 cm³/mol. The van der Waals surface area contributed by atoms with Crippen LogP contribution in [0.2, 0.25) is 0 Å². The molecule has 0 saturated carbocycles. The Labute approximate surface area is 117 Å². The molecule has 0 spiro atoms. The van der Waals surface area contributed by atoms with Gasteiger partial charge in [0.25, 0.3) is 0 Å². The number of carbonyl (C=O) groups excluding carboxylic acids is 1. The van der Waals surface area contributed by atoms with Crippen LogP contribution in [-0.2, 0) is 9.53 Å². The minimum Gasteiger partial charge on any atom is -0.383 e. The quantitative estimate of drug-likeness (QED) is 0.717. The molecule has 1 fully saturated rings. The molecule has 1 heterocycles. The molecule has 0 radical (unpaired) electrons. The van der Waals surface area contributed by atoms with Crippen molar-refractivity contribution in [3.05, 3.63) is 0 Å². The number of piperazine rings is 1. The van der Waals surface area contributed by atoms with Gasteiger partial charge in [-0.05, 0) is 6.92 Å². The van der Waals surface area contributed by atoms with Gasteiger partial charge in [0.2, 0.25) is 5.91 Å². The summed E-state index contributed by atoms with van der Waals surface area (Å²) >= 11 is 0. The molecule has 1 rings (SSSR count). The average Bonchev–Trinajstić information content (AvgIpc) is 2.41. The second-order valence-corrected chi connectivity index (χ2v) is 4.80. The van der Waals surface area contributed by atoms with Gasteiger partial charge >= 0.3 is 6.18 Å². The molecule has 118 valence electrons. The van der Waals surface area contributed by atoms with Gasteiger partial charge < -0.3 is 15.0 Å². The van der Waals surface area contributed by atoms with E-state index in [0.717, 1.165) is 6.92 Å². The Kier molecular flexibility index (Phi) is 6.70. The lowest BCUT2D eigenvalue weighted by atomic mass is 10.2. The fourth-order valence-electron chi connectivity index (χ4n) is 2.05. The van der Waals surface area contributed by atoms with Crippen LogP contribution in [0.15, 0.2) is 0 Å². The van der Waals surface area contributed by atoms with Crippen LogP contribution < -0.4 is 5.32 Å². The third-order valence-electron chi connectivity index (χ3n) is 3.45. The molecule has 1 aliphatic rings. The molecule has 20 heavy (non-hydrogen) atoms. The second-order valence-electron chi connectivity index (χ2n) is 4.80. The number of rotatable bonds is 6. The van der Waals surface area contributed by atoms with Crippen LogP contribution in [0.5, 0.6) is 0 Å². The number of amides is 1. The van der Waals surface area contributed by atoms with E-state index in [0.29, 0.717) is 26.2 Å². The summed E-state index contributed by atoms with van der Waals surface area (Å²) < 4.78 is 42.6. The number of hydrogen-bond donors (Lipinski definition) is 1. The fraction of sp³-hybridized carbons (Fsp3) is 0.917. The first kappa shape index (κ1) is 17.2. The molecule has 0 aromatic rings. The maximum absolute atomic E-state index is 12.6. The van der Waals surface area contributed by atoms with E-state index in [1.54, 1.807) is 12.0 Å². The van der Waals surface area contributed by atoms with Crippen LogP contribution >= 0.6 is 0 Å². The van der Waals surface area contributed by atoms with E-state index in [4.69, 9.17) is 4.74 Å². The van der Waals surface area contributed by atoms with Gasteiger partial charge in [-0.15, -0.1) is 0 Å². The van der Waals surface area contributed by atoms with Gasteiger partial charge in [0, 0.05) is 39.8 Å². The van der Waals surface area contributed by atoms with Gasteiger partial charge in [-0.2, -0.15) is 13.2 Å². The van der Waals surface area contributed by atoms with E-state index in [9.17, 15) is 18.0 Å². The maximum Gasteiger partial charge on any atom is 0.403 e. The summed E-state index contributed by atoms with van der Waals surface area (Å²) in [6.45, 7) is 3.63. The summed E-state index contributed by atoms with van der Waals surface area (Å²) in [5.74, 6) is -0.0829. The van der Waals surface area contributed by atoms with E-state index < -0.39 is 12.2 Å². The van der Waals surface area contributed by atoms with Crippen LogP contribution in [0.1, 0.15) is 6.92 Å². The highest BCUT2D eigenvalue weighted by Gasteiger charge is 2.41. The number of methoxy groups -OCH3 is 1. The van der Waals surface area contributed by atoms with Crippen molar-refractivity contribution in [2.24, 2.45) is 0 Å². The molecule has 0 aromatic carbocycles. The molecule has 8 heteroatoms. The van der Waals surface area contributed by atoms with Gasteiger partial charge in [-0.1, -0.05) is 0 Å². The first-order valence-corrected chi connectivity index (χ1v) is 6.64. The maximum atomic E-state index is 12.6. The van der Waals surface area contributed by atoms with Crippen LogP contribution in [0.3, 0.4) is 0 Å². The van der Waals surface area contributed by atoms with Crippen molar-refractivity contribution in [1.29, 1.82) is 0 Å². The van der Waals surface area contributed by atoms with Gasteiger partial charge in [0.1, 0.15) is 6.04 Å². The van der Waals surface area contributed by atoms with Crippen molar-refractivity contribution >= 4 is 5.91 Å². The Morgan fingerprint density at radius 1 is 1.30 bits per heavy atom. The lowest BCUT2D eigenvalue weighted by molar-refractivity contribution is -0.182. The highest BCUT2D eigenvalue weighted by atomic mass is 19.4. The van der Waals surface area contributed by atoms with Crippen LogP contribution in [0.4, 0.5) is 13.2 Å². The normalized spacial score (nSPS) is 19.1. The smallest absolute Gasteiger partial charge is 0.383 e. The highest BCUT2D eigenvalue weighted by molar-refractivity contribution is 5.78. The van der Waals surface area contributed by atoms with E-state index in [1.165, 1.54) is 4.90 Å². The first-order chi connectivity index (χ1) is 9.36.